The molecule has 0 saturated carbocycles. The van der Waals surface area contributed by atoms with Gasteiger partial charge in [-0.1, -0.05) is 23.4 Å². The number of aromatic nitrogens is 4. The summed E-state index contributed by atoms with van der Waals surface area (Å²) in [7, 11) is 0. The molecule has 0 bridgehead atoms. The van der Waals surface area contributed by atoms with Crippen LogP contribution in [0.3, 0.4) is 0 Å². The first kappa shape index (κ1) is 17.7. The topological polar surface area (TPSA) is 69.6 Å². The van der Waals surface area contributed by atoms with Crippen molar-refractivity contribution in [3.05, 3.63) is 70.7 Å². The smallest absolute Gasteiger partial charge is 0.323 e. The van der Waals surface area contributed by atoms with Crippen LogP contribution in [-0.2, 0) is 19.0 Å². The van der Waals surface area contributed by atoms with Crippen LogP contribution in [0.1, 0.15) is 47.0 Å². The van der Waals surface area contributed by atoms with Crippen molar-refractivity contribution < 1.29 is 13.2 Å². The minimum absolute atomic E-state index is 0.115. The van der Waals surface area contributed by atoms with E-state index >= 15 is 0 Å². The van der Waals surface area contributed by atoms with Crippen LogP contribution < -0.4 is 5.73 Å². The van der Waals surface area contributed by atoms with Gasteiger partial charge in [0.1, 0.15) is 5.69 Å². The second-order valence-electron chi connectivity index (χ2n) is 6.73. The molecule has 0 aliphatic heterocycles. The Morgan fingerprint density at radius 1 is 1.15 bits per heavy atom. The lowest BCUT2D eigenvalue weighted by molar-refractivity contribution is -0.137. The van der Waals surface area contributed by atoms with Gasteiger partial charge >= 0.3 is 6.18 Å². The molecule has 2 aromatic heterocycles. The molecule has 27 heavy (non-hydrogen) atoms. The summed E-state index contributed by atoms with van der Waals surface area (Å²) in [5.41, 5.74) is 8.64. The van der Waals surface area contributed by atoms with Gasteiger partial charge in [-0.25, -0.2) is 4.98 Å². The molecular formula is C19H18F3N5. The molecule has 2 heterocycles. The van der Waals surface area contributed by atoms with Gasteiger partial charge in [-0.3, -0.25) is 0 Å². The highest BCUT2D eigenvalue weighted by atomic mass is 19.4. The van der Waals surface area contributed by atoms with Gasteiger partial charge in [0.05, 0.1) is 17.3 Å². The van der Waals surface area contributed by atoms with E-state index in [1.165, 1.54) is 12.1 Å². The third-order valence-corrected chi connectivity index (χ3v) is 4.76. The Morgan fingerprint density at radius 2 is 1.96 bits per heavy atom. The number of benzene rings is 1. The summed E-state index contributed by atoms with van der Waals surface area (Å²) in [5.74, 6) is 0.599. The third-order valence-electron chi connectivity index (χ3n) is 4.76. The molecule has 1 aliphatic carbocycles. The summed E-state index contributed by atoms with van der Waals surface area (Å²) in [4.78, 5) is 4.35. The largest absolute Gasteiger partial charge is 0.416 e. The lowest BCUT2D eigenvalue weighted by Gasteiger charge is -2.17. The Bertz CT molecular complexity index is 964. The van der Waals surface area contributed by atoms with Gasteiger partial charge in [-0.2, -0.15) is 17.9 Å². The third kappa shape index (κ3) is 3.57. The number of hydrogen-bond donors (Lipinski definition) is 1. The van der Waals surface area contributed by atoms with Gasteiger partial charge < -0.3 is 5.73 Å². The second-order valence-corrected chi connectivity index (χ2v) is 6.73. The average Bonchev–Trinajstić information content (AvgIpc) is 3.07. The standard InChI is InChI=1S/C19H18F3N5/c20-19(21,22)14-4-1-3-12(10-14)9-13-7-8-24-17(11-13)27-16-6-2-5-15(23)18(16)25-26-27/h1,3-4,7-8,10-11,15H,2,5-6,9,23H2. The molecule has 0 radical (unpaired) electrons. The van der Waals surface area contributed by atoms with E-state index in [1.807, 2.05) is 6.07 Å². The highest BCUT2D eigenvalue weighted by Crippen LogP contribution is 2.30. The fraction of sp³-hybridized carbons (Fsp3) is 0.316. The molecule has 1 atom stereocenters. The van der Waals surface area contributed by atoms with E-state index < -0.39 is 11.7 Å². The summed E-state index contributed by atoms with van der Waals surface area (Å²) >= 11 is 0. The number of fused-ring (bicyclic) bond motifs is 1. The molecule has 0 spiro atoms. The molecular weight excluding hydrogens is 355 g/mol. The SMILES string of the molecule is NC1CCCc2c1nnn2-c1cc(Cc2cccc(C(F)(F)F)c2)ccn1. The van der Waals surface area contributed by atoms with Gasteiger partial charge in [0.2, 0.25) is 0 Å². The molecule has 3 aromatic rings. The van der Waals surface area contributed by atoms with E-state index in [0.29, 0.717) is 17.8 Å². The highest BCUT2D eigenvalue weighted by molar-refractivity contribution is 5.35. The molecule has 0 saturated heterocycles. The summed E-state index contributed by atoms with van der Waals surface area (Å²) in [6.45, 7) is 0. The lowest BCUT2D eigenvalue weighted by atomic mass is 9.97. The number of nitrogens with zero attached hydrogens (tertiary/aromatic N) is 4. The number of rotatable bonds is 3. The van der Waals surface area contributed by atoms with Crippen molar-refractivity contribution in [1.82, 2.24) is 20.0 Å². The Balaban J connectivity index is 1.63. The molecule has 140 valence electrons. The van der Waals surface area contributed by atoms with Crippen molar-refractivity contribution in [2.75, 3.05) is 0 Å². The van der Waals surface area contributed by atoms with Crippen LogP contribution in [0.25, 0.3) is 5.82 Å². The number of pyridine rings is 1. The van der Waals surface area contributed by atoms with E-state index in [-0.39, 0.29) is 6.04 Å². The number of halogens is 3. The van der Waals surface area contributed by atoms with Crippen molar-refractivity contribution in [3.8, 4) is 5.82 Å². The predicted molar refractivity (Wildman–Crippen MR) is 93.3 cm³/mol. The summed E-state index contributed by atoms with van der Waals surface area (Å²) in [6, 6.07) is 8.87. The average molecular weight is 373 g/mol. The Kier molecular flexibility index (Phi) is 4.43. The number of hydrogen-bond acceptors (Lipinski definition) is 4. The Labute approximate surface area is 154 Å². The van der Waals surface area contributed by atoms with Gasteiger partial charge in [-0.15, -0.1) is 5.10 Å². The normalized spacial score (nSPS) is 17.0. The molecule has 1 aromatic carbocycles. The van der Waals surface area contributed by atoms with E-state index in [0.717, 1.165) is 42.3 Å². The molecule has 0 fully saturated rings. The van der Waals surface area contributed by atoms with Crippen molar-refractivity contribution in [1.29, 1.82) is 0 Å². The molecule has 0 amide bonds. The quantitative estimate of drug-likeness (QED) is 0.762. The van der Waals surface area contributed by atoms with E-state index in [9.17, 15) is 13.2 Å². The maximum Gasteiger partial charge on any atom is 0.416 e. The van der Waals surface area contributed by atoms with E-state index in [1.54, 1.807) is 23.0 Å². The molecule has 2 N–H and O–H groups in total. The van der Waals surface area contributed by atoms with Crippen LogP contribution in [0.2, 0.25) is 0 Å². The summed E-state index contributed by atoms with van der Waals surface area (Å²) < 4.78 is 40.4. The molecule has 8 heteroatoms. The zero-order valence-electron chi connectivity index (χ0n) is 14.4. The maximum absolute atomic E-state index is 12.9. The Hall–Kier alpha value is -2.74. The van der Waals surface area contributed by atoms with Crippen molar-refractivity contribution in [2.24, 2.45) is 5.73 Å². The zero-order valence-corrected chi connectivity index (χ0v) is 14.4. The van der Waals surface area contributed by atoms with E-state index in [4.69, 9.17) is 5.73 Å². The van der Waals surface area contributed by atoms with Crippen LogP contribution in [0.15, 0.2) is 42.6 Å². The highest BCUT2D eigenvalue weighted by Gasteiger charge is 2.30. The fourth-order valence-electron chi connectivity index (χ4n) is 3.43. The van der Waals surface area contributed by atoms with Crippen LogP contribution in [0, 0.1) is 0 Å². The van der Waals surface area contributed by atoms with Crippen LogP contribution >= 0.6 is 0 Å². The predicted octanol–water partition coefficient (Wildman–Crippen LogP) is 3.61. The van der Waals surface area contributed by atoms with Gasteiger partial charge in [0, 0.05) is 6.20 Å². The second kappa shape index (κ2) is 6.77. The van der Waals surface area contributed by atoms with Crippen LogP contribution in [-0.4, -0.2) is 20.0 Å². The number of alkyl halides is 3. The Morgan fingerprint density at radius 3 is 2.78 bits per heavy atom. The van der Waals surface area contributed by atoms with Gasteiger partial charge in [-0.05, 0) is 55.0 Å². The minimum Gasteiger partial charge on any atom is -0.323 e. The summed E-state index contributed by atoms with van der Waals surface area (Å²) in [6.07, 6.45) is 0.332. The molecule has 1 aliphatic rings. The van der Waals surface area contributed by atoms with Gasteiger partial charge in [0.15, 0.2) is 5.82 Å². The minimum atomic E-state index is -4.35. The number of nitrogens with two attached hydrogens (primary N) is 1. The van der Waals surface area contributed by atoms with Crippen LogP contribution in [0.4, 0.5) is 13.2 Å². The molecule has 4 rings (SSSR count). The van der Waals surface area contributed by atoms with Gasteiger partial charge in [0.25, 0.3) is 0 Å². The van der Waals surface area contributed by atoms with Crippen LogP contribution in [0.5, 0.6) is 0 Å². The van der Waals surface area contributed by atoms with E-state index in [2.05, 4.69) is 15.3 Å². The van der Waals surface area contributed by atoms with Crippen molar-refractivity contribution in [2.45, 2.75) is 37.9 Å². The molecule has 1 unspecified atom stereocenters. The first-order valence-corrected chi connectivity index (χ1v) is 8.73. The maximum atomic E-state index is 12.9. The first-order chi connectivity index (χ1) is 12.9. The first-order valence-electron chi connectivity index (χ1n) is 8.73. The zero-order chi connectivity index (χ0) is 19.0. The van der Waals surface area contributed by atoms with Crippen molar-refractivity contribution in [3.63, 3.8) is 0 Å². The summed E-state index contributed by atoms with van der Waals surface area (Å²) in [5, 5.41) is 8.38. The fourth-order valence-corrected chi connectivity index (χ4v) is 3.43. The molecule has 5 nitrogen and oxygen atoms in total. The lowest BCUT2D eigenvalue weighted by Crippen LogP contribution is -2.18. The van der Waals surface area contributed by atoms with Crippen molar-refractivity contribution >= 4 is 0 Å². The monoisotopic (exact) mass is 373 g/mol.